The summed E-state index contributed by atoms with van der Waals surface area (Å²) in [6.07, 6.45) is -1.58. The van der Waals surface area contributed by atoms with Gasteiger partial charge in [0.15, 0.2) is 5.69 Å². The number of aromatic nitrogens is 3. The Morgan fingerprint density at radius 2 is 2.03 bits per heavy atom. The van der Waals surface area contributed by atoms with Crippen LogP contribution in [-0.4, -0.2) is 25.3 Å². The number of benzene rings is 1. The quantitative estimate of drug-likeness (QED) is 0.670. The molecule has 3 aromatic rings. The minimum absolute atomic E-state index is 0.0250. The number of carbonyl (C=O) groups is 1. The molecule has 2 aromatic heterocycles. The van der Waals surface area contributed by atoms with Gasteiger partial charge in [0.25, 0.3) is 5.56 Å². The van der Waals surface area contributed by atoms with Crippen molar-refractivity contribution in [1.82, 2.24) is 14.2 Å². The van der Waals surface area contributed by atoms with Crippen molar-refractivity contribution in [2.75, 3.05) is 0 Å². The molecule has 1 saturated carbocycles. The zero-order valence-electron chi connectivity index (χ0n) is 15.1. The van der Waals surface area contributed by atoms with Crippen LogP contribution in [0.25, 0.3) is 16.8 Å². The number of hydrogen-bond acceptors (Lipinski definition) is 3. The summed E-state index contributed by atoms with van der Waals surface area (Å²) < 4.78 is 41.6. The van der Waals surface area contributed by atoms with Gasteiger partial charge in [-0.1, -0.05) is 17.7 Å². The van der Waals surface area contributed by atoms with Gasteiger partial charge >= 0.3 is 12.1 Å². The van der Waals surface area contributed by atoms with E-state index in [0.29, 0.717) is 16.8 Å². The van der Waals surface area contributed by atoms with Crippen LogP contribution in [0.15, 0.2) is 29.2 Å². The van der Waals surface area contributed by atoms with Crippen LogP contribution in [0.3, 0.4) is 0 Å². The second-order valence-electron chi connectivity index (χ2n) is 6.89. The van der Waals surface area contributed by atoms with Gasteiger partial charge in [0.2, 0.25) is 0 Å². The third kappa shape index (κ3) is 3.19. The van der Waals surface area contributed by atoms with Crippen molar-refractivity contribution >= 4 is 23.1 Å². The molecule has 0 unspecified atom stereocenters. The first kappa shape index (κ1) is 19.5. The highest BCUT2D eigenvalue weighted by molar-refractivity contribution is 6.31. The molecular weight excluding hydrogens is 411 g/mol. The normalized spacial score (nSPS) is 14.5. The van der Waals surface area contributed by atoms with E-state index in [4.69, 9.17) is 11.6 Å². The van der Waals surface area contributed by atoms with E-state index in [0.717, 1.165) is 25.0 Å². The highest BCUT2D eigenvalue weighted by Gasteiger charge is 2.35. The van der Waals surface area contributed by atoms with E-state index < -0.39 is 28.3 Å². The monoisotopic (exact) mass is 425 g/mol. The van der Waals surface area contributed by atoms with Crippen molar-refractivity contribution in [1.29, 1.82) is 0 Å². The number of halogens is 4. The zero-order chi connectivity index (χ0) is 21.1. The molecular formula is C19H15ClF3N3O3. The standard InChI is InChI=1S/C19H15ClF3N3O3/c1-2-25-13(10-5-6-11(12(20)7-10)19(21,22)23)8-26-16(17(25)27)14(9-3-4-9)15(24-26)18(28)29/h5-9H,2-4H2,1H3,(H,28,29). The Balaban J connectivity index is 1.98. The molecule has 29 heavy (non-hydrogen) atoms. The Hall–Kier alpha value is -2.81. The van der Waals surface area contributed by atoms with Crippen molar-refractivity contribution in [3.8, 4) is 11.3 Å². The van der Waals surface area contributed by atoms with Crippen LogP contribution < -0.4 is 5.56 Å². The molecule has 1 aromatic carbocycles. The summed E-state index contributed by atoms with van der Waals surface area (Å²) >= 11 is 5.83. The first-order valence-electron chi connectivity index (χ1n) is 8.90. The van der Waals surface area contributed by atoms with Crippen LogP contribution in [0.4, 0.5) is 13.2 Å². The Bertz CT molecular complexity index is 1210. The van der Waals surface area contributed by atoms with E-state index in [9.17, 15) is 27.9 Å². The van der Waals surface area contributed by atoms with Gasteiger partial charge in [0, 0.05) is 17.7 Å². The maximum atomic E-state index is 13.1. The van der Waals surface area contributed by atoms with Gasteiger partial charge in [-0.05, 0) is 37.8 Å². The second-order valence-corrected chi connectivity index (χ2v) is 7.30. The summed E-state index contributed by atoms with van der Waals surface area (Å²) in [7, 11) is 0. The van der Waals surface area contributed by atoms with E-state index in [1.54, 1.807) is 6.92 Å². The predicted octanol–water partition coefficient (Wildman–Crippen LogP) is 4.43. The lowest BCUT2D eigenvalue weighted by molar-refractivity contribution is -0.137. The van der Waals surface area contributed by atoms with E-state index >= 15 is 0 Å². The molecule has 0 atom stereocenters. The van der Waals surface area contributed by atoms with Crippen LogP contribution in [0.2, 0.25) is 5.02 Å². The smallest absolute Gasteiger partial charge is 0.417 e. The number of aromatic carboxylic acids is 1. The van der Waals surface area contributed by atoms with Crippen LogP contribution >= 0.6 is 11.6 Å². The molecule has 152 valence electrons. The first-order chi connectivity index (χ1) is 13.6. The zero-order valence-corrected chi connectivity index (χ0v) is 15.9. The average Bonchev–Trinajstić information content (AvgIpc) is 3.40. The molecule has 1 aliphatic carbocycles. The van der Waals surface area contributed by atoms with E-state index in [1.165, 1.54) is 21.3 Å². The lowest BCUT2D eigenvalue weighted by Gasteiger charge is -2.14. The predicted molar refractivity (Wildman–Crippen MR) is 99.5 cm³/mol. The maximum absolute atomic E-state index is 13.1. The largest absolute Gasteiger partial charge is 0.476 e. The topological polar surface area (TPSA) is 76.6 Å². The van der Waals surface area contributed by atoms with Gasteiger partial charge in [0.05, 0.1) is 22.5 Å². The third-order valence-electron chi connectivity index (χ3n) is 5.00. The Kier molecular flexibility index (Phi) is 4.45. The van der Waals surface area contributed by atoms with Gasteiger partial charge in [-0.25, -0.2) is 9.31 Å². The fraction of sp³-hybridized carbons (Fsp3) is 0.316. The second kappa shape index (κ2) is 6.62. The minimum Gasteiger partial charge on any atom is -0.476 e. The number of carboxylic acids is 1. The van der Waals surface area contributed by atoms with E-state index in [-0.39, 0.29) is 23.7 Å². The summed E-state index contributed by atoms with van der Waals surface area (Å²) in [5.41, 5.74) is -0.391. The molecule has 10 heteroatoms. The summed E-state index contributed by atoms with van der Waals surface area (Å²) in [5, 5.41) is 13.1. The number of fused-ring (bicyclic) bond motifs is 1. The maximum Gasteiger partial charge on any atom is 0.417 e. The Morgan fingerprint density at radius 3 is 2.55 bits per heavy atom. The van der Waals surface area contributed by atoms with Crippen LogP contribution in [0, 0.1) is 0 Å². The van der Waals surface area contributed by atoms with E-state index in [1.807, 2.05) is 0 Å². The number of rotatable bonds is 4. The van der Waals surface area contributed by atoms with Gasteiger partial charge in [-0.2, -0.15) is 18.3 Å². The highest BCUT2D eigenvalue weighted by atomic mass is 35.5. The fourth-order valence-corrected chi connectivity index (χ4v) is 3.83. The fourth-order valence-electron chi connectivity index (χ4n) is 3.54. The minimum atomic E-state index is -4.60. The molecule has 4 rings (SSSR count). The van der Waals surface area contributed by atoms with Gasteiger partial charge in [-0.15, -0.1) is 0 Å². The molecule has 0 spiro atoms. The van der Waals surface area contributed by atoms with Gasteiger partial charge in [0.1, 0.15) is 5.52 Å². The molecule has 0 bridgehead atoms. The van der Waals surface area contributed by atoms with Crippen molar-refractivity contribution in [2.24, 2.45) is 0 Å². The lowest BCUT2D eigenvalue weighted by atomic mass is 10.1. The summed E-state index contributed by atoms with van der Waals surface area (Å²) in [6.45, 7) is 1.96. The molecule has 0 saturated heterocycles. The van der Waals surface area contributed by atoms with Crippen LogP contribution in [0.5, 0.6) is 0 Å². The van der Waals surface area contributed by atoms with Gasteiger partial charge < -0.3 is 9.67 Å². The molecule has 0 radical (unpaired) electrons. The molecule has 1 N–H and O–H groups in total. The molecule has 0 aliphatic heterocycles. The number of alkyl halides is 3. The van der Waals surface area contributed by atoms with Crippen LogP contribution in [-0.2, 0) is 12.7 Å². The molecule has 0 amide bonds. The van der Waals surface area contributed by atoms with E-state index in [2.05, 4.69) is 5.10 Å². The summed E-state index contributed by atoms with van der Waals surface area (Å²) in [5.74, 6) is -1.25. The highest BCUT2D eigenvalue weighted by Crippen LogP contribution is 2.43. The van der Waals surface area contributed by atoms with Crippen molar-refractivity contribution in [3.05, 3.63) is 56.6 Å². The summed E-state index contributed by atoms with van der Waals surface area (Å²) in [6, 6.07) is 3.22. The van der Waals surface area contributed by atoms with Crippen molar-refractivity contribution in [3.63, 3.8) is 0 Å². The molecule has 2 heterocycles. The molecule has 6 nitrogen and oxygen atoms in total. The van der Waals surface area contributed by atoms with Crippen molar-refractivity contribution in [2.45, 2.75) is 38.4 Å². The van der Waals surface area contributed by atoms with Crippen molar-refractivity contribution < 1.29 is 23.1 Å². The summed E-state index contributed by atoms with van der Waals surface area (Å²) in [4.78, 5) is 24.8. The number of hydrogen-bond donors (Lipinski definition) is 1. The van der Waals surface area contributed by atoms with Gasteiger partial charge in [-0.3, -0.25) is 4.79 Å². The number of nitrogens with zero attached hydrogens (tertiary/aromatic N) is 3. The Morgan fingerprint density at radius 1 is 1.34 bits per heavy atom. The first-order valence-corrected chi connectivity index (χ1v) is 9.27. The lowest BCUT2D eigenvalue weighted by Crippen LogP contribution is -2.24. The van der Waals surface area contributed by atoms with Crippen LogP contribution in [0.1, 0.15) is 47.3 Å². The molecule has 1 aliphatic rings. The molecule has 1 fully saturated rings. The SMILES string of the molecule is CCn1c(-c2ccc(C(F)(F)F)c(Cl)c2)cn2nc(C(=O)O)c(C3CC3)c2c1=O. The number of carboxylic acid groups (broad SMARTS) is 1. The average molecular weight is 426 g/mol. The third-order valence-corrected chi connectivity index (χ3v) is 5.32. The Labute approximate surface area is 167 Å².